The summed E-state index contributed by atoms with van der Waals surface area (Å²) in [5.74, 6) is 1.38. The van der Waals surface area contributed by atoms with E-state index < -0.39 is 11.6 Å². The standard InChI is InChI=1S/C38H29F3N2OS/c1-23-16-27(21-29(17-23)44-28-10-6-8-25(20-28)32-12-4-5-14-42-32)35-36-31(13-15-43-35)30-11-7-9-26-18-24(19-33(45-36)34(26)30)22-37(2,3)38(39,40)41/h4-21H,22H2,1-3H3. The lowest BCUT2D eigenvalue weighted by molar-refractivity contribution is -0.211. The van der Waals surface area contributed by atoms with Crippen molar-refractivity contribution in [2.24, 2.45) is 5.41 Å². The highest BCUT2D eigenvalue weighted by atomic mass is 32.2. The van der Waals surface area contributed by atoms with E-state index in [-0.39, 0.29) is 6.42 Å². The third-order valence-corrected chi connectivity index (χ3v) is 9.33. The number of fused-ring (bicyclic) bond motifs is 2. The van der Waals surface area contributed by atoms with Gasteiger partial charge in [-0.2, -0.15) is 13.2 Å². The van der Waals surface area contributed by atoms with Gasteiger partial charge in [0.05, 0.1) is 16.8 Å². The number of rotatable bonds is 6. The zero-order valence-corrected chi connectivity index (χ0v) is 25.8. The average molecular weight is 619 g/mol. The van der Waals surface area contributed by atoms with E-state index in [1.54, 1.807) is 18.0 Å². The van der Waals surface area contributed by atoms with Gasteiger partial charge in [0.2, 0.25) is 0 Å². The molecule has 224 valence electrons. The molecule has 0 fully saturated rings. The van der Waals surface area contributed by atoms with Gasteiger partial charge in [0.25, 0.3) is 0 Å². The van der Waals surface area contributed by atoms with Crippen LogP contribution in [0.5, 0.6) is 11.5 Å². The topological polar surface area (TPSA) is 35.0 Å². The summed E-state index contributed by atoms with van der Waals surface area (Å²) in [6.07, 6.45) is -0.818. The summed E-state index contributed by atoms with van der Waals surface area (Å²) in [5, 5.41) is 2.00. The van der Waals surface area contributed by atoms with Crippen LogP contribution < -0.4 is 4.74 Å². The van der Waals surface area contributed by atoms with Crippen molar-refractivity contribution in [3.63, 3.8) is 0 Å². The summed E-state index contributed by atoms with van der Waals surface area (Å²) >= 11 is 1.57. The molecule has 0 saturated carbocycles. The fourth-order valence-corrected chi connectivity index (χ4v) is 7.19. The van der Waals surface area contributed by atoms with Crippen LogP contribution in [0.2, 0.25) is 0 Å². The van der Waals surface area contributed by atoms with E-state index in [0.717, 1.165) is 59.8 Å². The summed E-state index contributed by atoms with van der Waals surface area (Å²) in [6.45, 7) is 4.54. The largest absolute Gasteiger partial charge is 0.457 e. The number of aromatic nitrogens is 2. The Morgan fingerprint density at radius 1 is 0.733 bits per heavy atom. The van der Waals surface area contributed by atoms with Gasteiger partial charge in [-0.3, -0.25) is 9.97 Å². The van der Waals surface area contributed by atoms with Crippen LogP contribution in [0.4, 0.5) is 13.2 Å². The second kappa shape index (κ2) is 11.1. The van der Waals surface area contributed by atoms with E-state index in [1.165, 1.54) is 13.8 Å². The zero-order chi connectivity index (χ0) is 31.3. The molecular formula is C38H29F3N2OS. The van der Waals surface area contributed by atoms with E-state index >= 15 is 0 Å². The second-order valence-corrected chi connectivity index (χ2v) is 13.1. The van der Waals surface area contributed by atoms with Gasteiger partial charge in [0.1, 0.15) is 11.5 Å². The lowest BCUT2D eigenvalue weighted by Crippen LogP contribution is -2.34. The van der Waals surface area contributed by atoms with Crippen molar-refractivity contribution in [1.82, 2.24) is 9.97 Å². The Bertz CT molecular complexity index is 2070. The molecule has 0 saturated heterocycles. The van der Waals surface area contributed by atoms with Crippen molar-refractivity contribution in [3.8, 4) is 45.1 Å². The van der Waals surface area contributed by atoms with Gasteiger partial charge in [-0.1, -0.05) is 68.1 Å². The molecule has 0 aliphatic carbocycles. The molecule has 1 aliphatic rings. The molecule has 3 nitrogen and oxygen atoms in total. The molecule has 6 aromatic rings. The predicted molar refractivity (Wildman–Crippen MR) is 175 cm³/mol. The normalized spacial score (nSPS) is 12.7. The highest BCUT2D eigenvalue weighted by Crippen LogP contribution is 2.52. The minimum atomic E-state index is -4.30. The van der Waals surface area contributed by atoms with Crippen molar-refractivity contribution in [1.29, 1.82) is 0 Å². The van der Waals surface area contributed by atoms with Crippen molar-refractivity contribution in [2.75, 3.05) is 0 Å². The molecule has 0 radical (unpaired) electrons. The third kappa shape index (κ3) is 5.57. The third-order valence-electron chi connectivity index (χ3n) is 8.18. The van der Waals surface area contributed by atoms with E-state index in [9.17, 15) is 13.2 Å². The number of halogens is 3. The summed E-state index contributed by atoms with van der Waals surface area (Å²) in [6, 6.07) is 31.6. The second-order valence-electron chi connectivity index (χ2n) is 12.1. The van der Waals surface area contributed by atoms with Gasteiger partial charge in [0.15, 0.2) is 0 Å². The maximum Gasteiger partial charge on any atom is 0.394 e. The van der Waals surface area contributed by atoms with Gasteiger partial charge in [-0.15, -0.1) is 0 Å². The van der Waals surface area contributed by atoms with Crippen LogP contribution in [-0.4, -0.2) is 16.1 Å². The van der Waals surface area contributed by atoms with Gasteiger partial charge in [-0.05, 0) is 95.6 Å². The predicted octanol–water partition coefficient (Wildman–Crippen LogP) is 11.3. The molecule has 0 amide bonds. The fourth-order valence-electron chi connectivity index (χ4n) is 5.88. The molecule has 45 heavy (non-hydrogen) atoms. The molecule has 0 bridgehead atoms. The van der Waals surface area contributed by atoms with Crippen LogP contribution in [0.15, 0.2) is 119 Å². The first-order valence-corrected chi connectivity index (χ1v) is 15.5. The van der Waals surface area contributed by atoms with Crippen molar-refractivity contribution in [2.45, 2.75) is 43.2 Å². The molecule has 0 spiro atoms. The lowest BCUT2D eigenvalue weighted by Gasteiger charge is -2.29. The minimum Gasteiger partial charge on any atom is -0.457 e. The number of ether oxygens (including phenoxy) is 1. The monoisotopic (exact) mass is 618 g/mol. The van der Waals surface area contributed by atoms with Crippen LogP contribution in [-0.2, 0) is 6.42 Å². The SMILES string of the molecule is Cc1cc(Oc2cccc(-c3ccccn3)c2)cc(-c2nccc3c2Sc2cc(CC(C)(C)C(F)(F)F)cc4cccc-3c24)c1. The van der Waals surface area contributed by atoms with Crippen LogP contribution >= 0.6 is 11.8 Å². The highest BCUT2D eigenvalue weighted by molar-refractivity contribution is 8.00. The molecular weight excluding hydrogens is 589 g/mol. The summed E-state index contributed by atoms with van der Waals surface area (Å²) in [4.78, 5) is 11.2. The number of hydrogen-bond acceptors (Lipinski definition) is 4. The number of alkyl halides is 3. The maximum atomic E-state index is 13.8. The first-order valence-electron chi connectivity index (χ1n) is 14.7. The van der Waals surface area contributed by atoms with Gasteiger partial charge in [0, 0.05) is 38.7 Å². The Labute approximate surface area is 264 Å². The molecule has 7 rings (SSSR count). The number of hydrogen-bond donors (Lipinski definition) is 0. The van der Waals surface area contributed by atoms with Gasteiger partial charge in [-0.25, -0.2) is 0 Å². The smallest absolute Gasteiger partial charge is 0.394 e. The fraction of sp³-hybridized carbons (Fsp3) is 0.158. The quantitative estimate of drug-likeness (QED) is 0.186. The molecule has 0 N–H and O–H groups in total. The zero-order valence-electron chi connectivity index (χ0n) is 24.9. The minimum absolute atomic E-state index is 0.100. The van der Waals surface area contributed by atoms with Crippen LogP contribution in [0.3, 0.4) is 0 Å². The van der Waals surface area contributed by atoms with Gasteiger partial charge >= 0.3 is 6.18 Å². The molecule has 0 unspecified atom stereocenters. The molecule has 2 aromatic heterocycles. The van der Waals surface area contributed by atoms with E-state index in [1.807, 2.05) is 98.0 Å². The van der Waals surface area contributed by atoms with Crippen LogP contribution in [0.25, 0.3) is 44.4 Å². The first-order chi connectivity index (χ1) is 21.6. The molecule has 3 heterocycles. The molecule has 7 heteroatoms. The molecule has 1 aliphatic heterocycles. The summed E-state index contributed by atoms with van der Waals surface area (Å²) in [7, 11) is 0. The Morgan fingerprint density at radius 2 is 1.56 bits per heavy atom. The van der Waals surface area contributed by atoms with E-state index in [2.05, 4.69) is 17.1 Å². The summed E-state index contributed by atoms with van der Waals surface area (Å²) in [5.41, 5.74) is 5.48. The average Bonchev–Trinajstić information content (AvgIpc) is 3.00. The van der Waals surface area contributed by atoms with E-state index in [4.69, 9.17) is 9.72 Å². The lowest BCUT2D eigenvalue weighted by atomic mass is 9.84. The Morgan fingerprint density at radius 3 is 2.36 bits per heavy atom. The van der Waals surface area contributed by atoms with Crippen molar-refractivity contribution in [3.05, 3.63) is 121 Å². The number of pyridine rings is 2. The molecule has 4 aromatic carbocycles. The van der Waals surface area contributed by atoms with E-state index in [0.29, 0.717) is 17.1 Å². The van der Waals surface area contributed by atoms with Gasteiger partial charge < -0.3 is 4.74 Å². The van der Waals surface area contributed by atoms with Crippen molar-refractivity contribution >= 4 is 22.5 Å². The summed E-state index contributed by atoms with van der Waals surface area (Å²) < 4.78 is 47.8. The Balaban J connectivity index is 1.27. The van der Waals surface area contributed by atoms with Crippen molar-refractivity contribution < 1.29 is 17.9 Å². The Kier molecular flexibility index (Phi) is 7.16. The maximum absolute atomic E-state index is 13.8. The number of aryl methyl sites for hydroxylation is 1. The highest BCUT2D eigenvalue weighted by Gasteiger charge is 2.47. The van der Waals surface area contributed by atoms with Crippen LogP contribution in [0, 0.1) is 12.3 Å². The number of nitrogens with zero attached hydrogens (tertiary/aromatic N) is 2. The molecule has 0 atom stereocenters. The number of benzene rings is 4. The van der Waals surface area contributed by atoms with Crippen LogP contribution in [0.1, 0.15) is 25.0 Å². The Hall–Kier alpha value is -4.62. The first kappa shape index (κ1) is 29.1.